The van der Waals surface area contributed by atoms with Crippen molar-refractivity contribution in [2.24, 2.45) is 0 Å². The highest BCUT2D eigenvalue weighted by Gasteiger charge is 2.07. The summed E-state index contributed by atoms with van der Waals surface area (Å²) >= 11 is 6.05. The van der Waals surface area contributed by atoms with Crippen molar-refractivity contribution in [1.29, 1.82) is 0 Å². The summed E-state index contributed by atoms with van der Waals surface area (Å²) in [5.41, 5.74) is 1.46. The van der Waals surface area contributed by atoms with Crippen LogP contribution in [0.15, 0.2) is 41.0 Å². The number of carbonyl (C=O) groups excluding carboxylic acids is 1. The average Bonchev–Trinajstić information content (AvgIpc) is 2.73. The normalized spacial score (nSPS) is 10.1. The number of benzene rings is 1. The van der Waals surface area contributed by atoms with Crippen LogP contribution in [-0.4, -0.2) is 5.91 Å². The smallest absolute Gasteiger partial charge is 0.221 e. The average molecular weight is 236 g/mol. The van der Waals surface area contributed by atoms with Crippen molar-refractivity contribution in [1.82, 2.24) is 0 Å². The molecule has 1 aromatic carbocycles. The molecule has 0 saturated heterocycles. The summed E-state index contributed by atoms with van der Waals surface area (Å²) in [4.78, 5) is 10.9. The third-order valence-electron chi connectivity index (χ3n) is 2.07. The summed E-state index contributed by atoms with van der Waals surface area (Å²) in [7, 11) is 0. The lowest BCUT2D eigenvalue weighted by Crippen LogP contribution is -2.05. The highest BCUT2D eigenvalue weighted by atomic mass is 35.5. The van der Waals surface area contributed by atoms with Gasteiger partial charge in [-0.3, -0.25) is 4.79 Å². The monoisotopic (exact) mass is 235 g/mol. The standard InChI is InChI=1S/C12H10ClNO2/c1-8(15)14-9-4-5-11(13)10(7-9)12-3-2-6-16-12/h2-7H,1H3,(H,14,15). The maximum atomic E-state index is 10.9. The molecule has 4 heteroatoms. The summed E-state index contributed by atoms with van der Waals surface area (Å²) in [5.74, 6) is 0.560. The molecule has 0 aliphatic carbocycles. The van der Waals surface area contributed by atoms with Gasteiger partial charge in [0.15, 0.2) is 0 Å². The van der Waals surface area contributed by atoms with Gasteiger partial charge < -0.3 is 9.73 Å². The lowest BCUT2D eigenvalue weighted by molar-refractivity contribution is -0.114. The highest BCUT2D eigenvalue weighted by molar-refractivity contribution is 6.33. The predicted octanol–water partition coefficient (Wildman–Crippen LogP) is 3.56. The maximum Gasteiger partial charge on any atom is 0.221 e. The molecule has 0 atom stereocenters. The van der Waals surface area contributed by atoms with Crippen molar-refractivity contribution in [3.8, 4) is 11.3 Å². The molecule has 0 fully saturated rings. The fraction of sp³-hybridized carbons (Fsp3) is 0.0833. The van der Waals surface area contributed by atoms with E-state index in [1.807, 2.05) is 6.07 Å². The molecule has 3 nitrogen and oxygen atoms in total. The summed E-state index contributed by atoms with van der Waals surface area (Å²) in [5, 5.41) is 3.28. The van der Waals surface area contributed by atoms with E-state index in [9.17, 15) is 4.79 Å². The first-order valence-corrected chi connectivity index (χ1v) is 5.15. The van der Waals surface area contributed by atoms with Crippen LogP contribution in [0.3, 0.4) is 0 Å². The quantitative estimate of drug-likeness (QED) is 0.865. The number of amides is 1. The van der Waals surface area contributed by atoms with E-state index in [2.05, 4.69) is 5.32 Å². The molecule has 0 radical (unpaired) electrons. The molecule has 2 rings (SSSR count). The summed E-state index contributed by atoms with van der Waals surface area (Å²) in [6.45, 7) is 1.46. The Bertz CT molecular complexity index is 506. The first kappa shape index (κ1) is 10.8. The van der Waals surface area contributed by atoms with E-state index in [4.69, 9.17) is 16.0 Å². The molecule has 16 heavy (non-hydrogen) atoms. The first-order valence-electron chi connectivity index (χ1n) is 4.78. The molecule has 0 saturated carbocycles. The Kier molecular flexibility index (Phi) is 2.97. The number of hydrogen-bond acceptors (Lipinski definition) is 2. The second-order valence-corrected chi connectivity index (χ2v) is 3.76. The summed E-state index contributed by atoms with van der Waals surface area (Å²) in [6.07, 6.45) is 1.58. The van der Waals surface area contributed by atoms with Crippen LogP contribution < -0.4 is 5.32 Å². The van der Waals surface area contributed by atoms with Crippen LogP contribution in [0.2, 0.25) is 5.02 Å². The van der Waals surface area contributed by atoms with E-state index in [-0.39, 0.29) is 5.91 Å². The Morgan fingerprint density at radius 1 is 1.38 bits per heavy atom. The zero-order valence-electron chi connectivity index (χ0n) is 8.66. The Hall–Kier alpha value is -1.74. The van der Waals surface area contributed by atoms with E-state index >= 15 is 0 Å². The largest absolute Gasteiger partial charge is 0.464 e. The van der Waals surface area contributed by atoms with Crippen molar-refractivity contribution in [3.63, 3.8) is 0 Å². The molecule has 0 spiro atoms. The van der Waals surface area contributed by atoms with Crippen molar-refractivity contribution in [3.05, 3.63) is 41.6 Å². The van der Waals surface area contributed by atoms with Crippen LogP contribution in [0, 0.1) is 0 Å². The van der Waals surface area contributed by atoms with E-state index in [1.54, 1.807) is 30.5 Å². The zero-order valence-corrected chi connectivity index (χ0v) is 9.41. The Morgan fingerprint density at radius 2 is 2.19 bits per heavy atom. The number of hydrogen-bond donors (Lipinski definition) is 1. The predicted molar refractivity (Wildman–Crippen MR) is 63.5 cm³/mol. The molecule has 1 N–H and O–H groups in total. The van der Waals surface area contributed by atoms with Gasteiger partial charge >= 0.3 is 0 Å². The minimum atomic E-state index is -0.118. The molecule has 2 aromatic rings. The van der Waals surface area contributed by atoms with E-state index in [0.29, 0.717) is 16.5 Å². The molecule has 0 bridgehead atoms. The third-order valence-corrected chi connectivity index (χ3v) is 2.40. The van der Waals surface area contributed by atoms with Gasteiger partial charge in [-0.05, 0) is 30.3 Å². The number of nitrogens with one attached hydrogen (secondary N) is 1. The maximum absolute atomic E-state index is 10.9. The third kappa shape index (κ3) is 2.25. The molecule has 82 valence electrons. The number of carbonyl (C=O) groups is 1. The topological polar surface area (TPSA) is 42.2 Å². The van der Waals surface area contributed by atoms with E-state index in [0.717, 1.165) is 5.56 Å². The van der Waals surface area contributed by atoms with Gasteiger partial charge in [0.25, 0.3) is 0 Å². The van der Waals surface area contributed by atoms with Gasteiger partial charge in [0, 0.05) is 18.2 Å². The Morgan fingerprint density at radius 3 is 2.81 bits per heavy atom. The fourth-order valence-electron chi connectivity index (χ4n) is 1.43. The van der Waals surface area contributed by atoms with Crippen molar-refractivity contribution in [2.75, 3.05) is 5.32 Å². The highest BCUT2D eigenvalue weighted by Crippen LogP contribution is 2.30. The number of furan rings is 1. The second-order valence-electron chi connectivity index (χ2n) is 3.35. The minimum absolute atomic E-state index is 0.118. The van der Waals surface area contributed by atoms with Gasteiger partial charge in [-0.15, -0.1) is 0 Å². The van der Waals surface area contributed by atoms with Crippen molar-refractivity contribution < 1.29 is 9.21 Å². The molecule has 0 unspecified atom stereocenters. The number of anilines is 1. The molecular weight excluding hydrogens is 226 g/mol. The van der Waals surface area contributed by atoms with Crippen molar-refractivity contribution in [2.45, 2.75) is 6.92 Å². The van der Waals surface area contributed by atoms with Gasteiger partial charge in [-0.25, -0.2) is 0 Å². The SMILES string of the molecule is CC(=O)Nc1ccc(Cl)c(-c2ccco2)c1. The molecule has 0 aliphatic heterocycles. The van der Waals surface area contributed by atoms with Gasteiger partial charge in [-0.2, -0.15) is 0 Å². The van der Waals surface area contributed by atoms with Gasteiger partial charge in [0.1, 0.15) is 5.76 Å². The number of rotatable bonds is 2. The molecular formula is C12H10ClNO2. The van der Waals surface area contributed by atoms with Crippen LogP contribution in [0.4, 0.5) is 5.69 Å². The first-order chi connectivity index (χ1) is 7.66. The summed E-state index contributed by atoms with van der Waals surface area (Å²) < 4.78 is 5.26. The number of halogens is 1. The molecule has 1 amide bonds. The lowest BCUT2D eigenvalue weighted by atomic mass is 10.1. The summed E-state index contributed by atoms with van der Waals surface area (Å²) in [6, 6.07) is 8.86. The van der Waals surface area contributed by atoms with Gasteiger partial charge in [0.2, 0.25) is 5.91 Å². The van der Waals surface area contributed by atoms with Crippen LogP contribution >= 0.6 is 11.6 Å². The Balaban J connectivity index is 2.41. The van der Waals surface area contributed by atoms with E-state index < -0.39 is 0 Å². The van der Waals surface area contributed by atoms with Gasteiger partial charge in [-0.1, -0.05) is 11.6 Å². The van der Waals surface area contributed by atoms with Crippen LogP contribution in [0.5, 0.6) is 0 Å². The van der Waals surface area contributed by atoms with Crippen molar-refractivity contribution >= 4 is 23.2 Å². The fourth-order valence-corrected chi connectivity index (χ4v) is 1.64. The van der Waals surface area contributed by atoms with E-state index in [1.165, 1.54) is 6.92 Å². The zero-order chi connectivity index (χ0) is 11.5. The second kappa shape index (κ2) is 4.41. The van der Waals surface area contributed by atoms with Crippen LogP contribution in [0.1, 0.15) is 6.92 Å². The minimum Gasteiger partial charge on any atom is -0.464 e. The van der Waals surface area contributed by atoms with Gasteiger partial charge in [0.05, 0.1) is 11.3 Å². The lowest BCUT2D eigenvalue weighted by Gasteiger charge is -2.05. The molecule has 1 aromatic heterocycles. The Labute approximate surface area is 98.0 Å². The van der Waals surface area contributed by atoms with Crippen LogP contribution in [0.25, 0.3) is 11.3 Å². The van der Waals surface area contributed by atoms with Crippen LogP contribution in [-0.2, 0) is 4.79 Å². The molecule has 1 heterocycles. The molecule has 0 aliphatic rings.